The van der Waals surface area contributed by atoms with Gasteiger partial charge in [-0.25, -0.2) is 9.50 Å². The zero-order chi connectivity index (χ0) is 14.4. The highest BCUT2D eigenvalue weighted by molar-refractivity contribution is 5.68. The van der Waals surface area contributed by atoms with Crippen molar-refractivity contribution in [2.24, 2.45) is 0 Å². The van der Waals surface area contributed by atoms with E-state index >= 15 is 0 Å². The Bertz CT molecular complexity index is 635. The van der Waals surface area contributed by atoms with Crippen molar-refractivity contribution in [3.05, 3.63) is 24.2 Å². The van der Waals surface area contributed by atoms with Gasteiger partial charge in [-0.2, -0.15) is 5.10 Å². The van der Waals surface area contributed by atoms with Crippen molar-refractivity contribution in [2.45, 2.75) is 57.2 Å². The predicted octanol–water partition coefficient (Wildman–Crippen LogP) is 2.46. The fourth-order valence-electron chi connectivity index (χ4n) is 4.08. The highest BCUT2D eigenvalue weighted by Crippen LogP contribution is 2.34. The third-order valence-electron chi connectivity index (χ3n) is 5.19. The second-order valence-electron chi connectivity index (χ2n) is 6.61. The van der Waals surface area contributed by atoms with E-state index in [9.17, 15) is 0 Å². The van der Waals surface area contributed by atoms with Crippen molar-refractivity contribution in [2.75, 3.05) is 12.4 Å². The van der Waals surface area contributed by atoms with Gasteiger partial charge in [-0.3, -0.25) is 0 Å². The molecule has 0 radical (unpaired) electrons. The lowest BCUT2D eigenvalue weighted by Crippen LogP contribution is -2.52. The van der Waals surface area contributed by atoms with E-state index in [4.69, 9.17) is 0 Å². The second kappa shape index (κ2) is 4.98. The Balaban J connectivity index is 1.58. The molecule has 4 rings (SSSR count). The molecule has 4 heterocycles. The molecule has 112 valence electrons. The quantitative estimate of drug-likeness (QED) is 0.920. The molecule has 0 aliphatic carbocycles. The molecular formula is C16H23N5. The minimum Gasteiger partial charge on any atom is -0.365 e. The number of nitrogens with one attached hydrogen (secondary N) is 1. The normalized spacial score (nSPS) is 29.7. The Hall–Kier alpha value is -1.62. The van der Waals surface area contributed by atoms with Gasteiger partial charge in [0.25, 0.3) is 0 Å². The van der Waals surface area contributed by atoms with Gasteiger partial charge in [-0.1, -0.05) is 6.42 Å². The van der Waals surface area contributed by atoms with E-state index in [1.807, 2.05) is 23.8 Å². The van der Waals surface area contributed by atoms with Gasteiger partial charge in [-0.15, -0.1) is 0 Å². The lowest BCUT2D eigenvalue weighted by Gasteiger charge is -2.47. The van der Waals surface area contributed by atoms with E-state index in [1.165, 1.54) is 32.1 Å². The van der Waals surface area contributed by atoms with Crippen LogP contribution in [0.5, 0.6) is 0 Å². The summed E-state index contributed by atoms with van der Waals surface area (Å²) in [6.45, 7) is 2.02. The van der Waals surface area contributed by atoms with E-state index in [-0.39, 0.29) is 0 Å². The van der Waals surface area contributed by atoms with E-state index < -0.39 is 0 Å². The molecule has 0 spiro atoms. The number of hydrogen-bond acceptors (Lipinski definition) is 4. The maximum absolute atomic E-state index is 4.54. The Kier molecular flexibility index (Phi) is 3.10. The van der Waals surface area contributed by atoms with E-state index in [0.717, 1.165) is 29.1 Å². The molecule has 21 heavy (non-hydrogen) atoms. The van der Waals surface area contributed by atoms with E-state index in [0.29, 0.717) is 6.04 Å². The zero-order valence-electron chi connectivity index (χ0n) is 12.8. The van der Waals surface area contributed by atoms with Crippen molar-refractivity contribution in [3.8, 4) is 0 Å². The van der Waals surface area contributed by atoms with Crippen LogP contribution in [0.3, 0.4) is 0 Å². The Labute approximate surface area is 125 Å². The maximum atomic E-state index is 4.54. The van der Waals surface area contributed by atoms with Crippen molar-refractivity contribution >= 4 is 11.3 Å². The molecule has 2 unspecified atom stereocenters. The summed E-state index contributed by atoms with van der Waals surface area (Å²) >= 11 is 0. The first-order valence-electron chi connectivity index (χ1n) is 8.00. The van der Waals surface area contributed by atoms with Gasteiger partial charge in [0.1, 0.15) is 5.52 Å². The van der Waals surface area contributed by atoms with Crippen molar-refractivity contribution in [1.29, 1.82) is 0 Å². The summed E-state index contributed by atoms with van der Waals surface area (Å²) < 4.78 is 1.92. The van der Waals surface area contributed by atoms with Crippen LogP contribution < -0.4 is 5.32 Å². The minimum atomic E-state index is 0.533. The number of aromatic nitrogens is 3. The SMILES string of the molecule is Cc1cc2c(NC3CC4CCCC(C3)N4C)nccn2n1. The number of fused-ring (bicyclic) bond motifs is 3. The molecule has 2 aromatic rings. The predicted molar refractivity (Wildman–Crippen MR) is 83.6 cm³/mol. The molecule has 2 atom stereocenters. The number of hydrogen-bond donors (Lipinski definition) is 1. The molecule has 5 nitrogen and oxygen atoms in total. The average Bonchev–Trinajstić information content (AvgIpc) is 2.81. The van der Waals surface area contributed by atoms with Crippen molar-refractivity contribution in [3.63, 3.8) is 0 Å². The lowest BCUT2D eigenvalue weighted by atomic mass is 9.82. The molecule has 2 aromatic heterocycles. The Morgan fingerprint density at radius 3 is 2.76 bits per heavy atom. The second-order valence-corrected chi connectivity index (χ2v) is 6.61. The summed E-state index contributed by atoms with van der Waals surface area (Å²) in [6.07, 6.45) is 10.3. The van der Waals surface area contributed by atoms with Crippen LogP contribution in [-0.4, -0.2) is 44.7 Å². The molecule has 1 N–H and O–H groups in total. The molecule has 2 aliphatic heterocycles. The topological polar surface area (TPSA) is 45.5 Å². The lowest BCUT2D eigenvalue weighted by molar-refractivity contribution is 0.0608. The number of anilines is 1. The smallest absolute Gasteiger partial charge is 0.152 e. The van der Waals surface area contributed by atoms with Crippen LogP contribution in [0.15, 0.2) is 18.5 Å². The van der Waals surface area contributed by atoms with Crippen LogP contribution in [0.1, 0.15) is 37.8 Å². The number of nitrogens with zero attached hydrogens (tertiary/aromatic N) is 4. The standard InChI is InChI=1S/C16H23N5/c1-11-8-15-16(17-6-7-21(15)19-11)18-12-9-13-4-3-5-14(10-12)20(13)2/h6-8,12-14H,3-5,9-10H2,1-2H3,(H,17,18). The molecular weight excluding hydrogens is 262 g/mol. The van der Waals surface area contributed by atoms with Gasteiger partial charge in [0.05, 0.1) is 5.69 Å². The van der Waals surface area contributed by atoms with Crippen LogP contribution >= 0.6 is 0 Å². The highest BCUT2D eigenvalue weighted by atomic mass is 15.2. The van der Waals surface area contributed by atoms with Gasteiger partial charge in [0.2, 0.25) is 0 Å². The number of rotatable bonds is 2. The first-order chi connectivity index (χ1) is 10.2. The fourth-order valence-corrected chi connectivity index (χ4v) is 4.08. The van der Waals surface area contributed by atoms with Gasteiger partial charge in [0.15, 0.2) is 5.82 Å². The molecule has 2 bridgehead atoms. The summed E-state index contributed by atoms with van der Waals surface area (Å²) in [5.74, 6) is 0.978. The molecule has 2 saturated heterocycles. The molecule has 2 aliphatic rings. The van der Waals surface area contributed by atoms with Crippen molar-refractivity contribution in [1.82, 2.24) is 19.5 Å². The van der Waals surface area contributed by atoms with E-state index in [2.05, 4.69) is 33.4 Å². The van der Waals surface area contributed by atoms with Crippen LogP contribution in [0.4, 0.5) is 5.82 Å². The summed E-state index contributed by atoms with van der Waals surface area (Å²) in [6, 6.07) is 4.11. The number of aryl methyl sites for hydroxylation is 1. The average molecular weight is 285 g/mol. The summed E-state index contributed by atoms with van der Waals surface area (Å²) in [7, 11) is 2.30. The molecule has 2 fully saturated rings. The highest BCUT2D eigenvalue weighted by Gasteiger charge is 2.36. The molecule has 0 amide bonds. The van der Waals surface area contributed by atoms with Crippen LogP contribution in [0.25, 0.3) is 5.52 Å². The van der Waals surface area contributed by atoms with E-state index in [1.54, 1.807) is 0 Å². The fraction of sp³-hybridized carbons (Fsp3) is 0.625. The maximum Gasteiger partial charge on any atom is 0.152 e. The Morgan fingerprint density at radius 2 is 2.00 bits per heavy atom. The van der Waals surface area contributed by atoms with Crippen molar-refractivity contribution < 1.29 is 0 Å². The largest absolute Gasteiger partial charge is 0.365 e. The third kappa shape index (κ3) is 2.29. The molecule has 5 heteroatoms. The Morgan fingerprint density at radius 1 is 1.24 bits per heavy atom. The summed E-state index contributed by atoms with van der Waals surface area (Å²) in [5.41, 5.74) is 2.12. The van der Waals surface area contributed by atoms with Crippen LogP contribution in [-0.2, 0) is 0 Å². The summed E-state index contributed by atoms with van der Waals surface area (Å²) in [4.78, 5) is 7.14. The minimum absolute atomic E-state index is 0.533. The van der Waals surface area contributed by atoms with Gasteiger partial charge in [-0.05, 0) is 45.7 Å². The van der Waals surface area contributed by atoms with Crippen LogP contribution in [0.2, 0.25) is 0 Å². The molecule has 0 aromatic carbocycles. The third-order valence-corrected chi connectivity index (χ3v) is 5.19. The monoisotopic (exact) mass is 285 g/mol. The van der Waals surface area contributed by atoms with Gasteiger partial charge in [0, 0.05) is 30.5 Å². The molecule has 0 saturated carbocycles. The van der Waals surface area contributed by atoms with Crippen LogP contribution in [0, 0.1) is 6.92 Å². The zero-order valence-corrected chi connectivity index (χ0v) is 12.8. The first kappa shape index (κ1) is 13.1. The number of piperidine rings is 2. The van der Waals surface area contributed by atoms with Gasteiger partial charge < -0.3 is 10.2 Å². The first-order valence-corrected chi connectivity index (χ1v) is 8.00. The van der Waals surface area contributed by atoms with Gasteiger partial charge >= 0.3 is 0 Å². The summed E-state index contributed by atoms with van der Waals surface area (Å²) in [5, 5.41) is 8.15.